The van der Waals surface area contributed by atoms with Gasteiger partial charge in [0.2, 0.25) is 0 Å². The van der Waals surface area contributed by atoms with Crippen LogP contribution in [0.15, 0.2) is 77.9 Å². The lowest BCUT2D eigenvalue weighted by atomic mass is 10.1. The van der Waals surface area contributed by atoms with Crippen LogP contribution in [-0.4, -0.2) is 27.3 Å². The van der Waals surface area contributed by atoms with Crippen molar-refractivity contribution in [2.75, 3.05) is 6.61 Å². The van der Waals surface area contributed by atoms with Crippen molar-refractivity contribution in [1.29, 1.82) is 0 Å². The van der Waals surface area contributed by atoms with Gasteiger partial charge in [0.25, 0.3) is 11.5 Å². The molecule has 2 aromatic carbocycles. The highest BCUT2D eigenvalue weighted by atomic mass is 16.5. The number of pyridine rings is 1. The average Bonchev–Trinajstić information content (AvgIpc) is 2.86. The van der Waals surface area contributed by atoms with Crippen LogP contribution >= 0.6 is 0 Å². The van der Waals surface area contributed by atoms with Crippen molar-refractivity contribution >= 4 is 16.7 Å². The van der Waals surface area contributed by atoms with Crippen molar-refractivity contribution in [2.45, 2.75) is 32.9 Å². The summed E-state index contributed by atoms with van der Waals surface area (Å²) in [6, 6.07) is 18.1. The summed E-state index contributed by atoms with van der Waals surface area (Å²) in [6.45, 7) is 3.27. The third-order valence-electron chi connectivity index (χ3n) is 5.30. The van der Waals surface area contributed by atoms with E-state index in [1.807, 2.05) is 30.3 Å². The molecule has 4 aromatic rings. The van der Waals surface area contributed by atoms with Gasteiger partial charge in [0.1, 0.15) is 5.75 Å². The molecule has 33 heavy (non-hydrogen) atoms. The van der Waals surface area contributed by atoms with Gasteiger partial charge in [-0.25, -0.2) is 4.68 Å². The predicted octanol–water partition coefficient (Wildman–Crippen LogP) is 3.95. The molecule has 0 aliphatic heterocycles. The van der Waals surface area contributed by atoms with E-state index in [1.165, 1.54) is 4.68 Å². The fraction of sp³-hybridized carbons (Fsp3) is 0.231. The zero-order valence-corrected chi connectivity index (χ0v) is 18.5. The Bertz CT molecular complexity index is 1280. The molecule has 0 aliphatic rings. The number of fused-ring (bicyclic) bond motifs is 1. The Kier molecular flexibility index (Phi) is 7.09. The monoisotopic (exact) mass is 442 g/mol. The van der Waals surface area contributed by atoms with E-state index in [9.17, 15) is 9.59 Å². The molecule has 0 saturated heterocycles. The standard InChI is InChI=1S/C26H26N4O3/c1-2-3-15-33-21-12-10-20(11-13-21)25(31)28-17-24-22-8-4-5-9-23(22)26(32)30(29-24)18-19-7-6-14-27-16-19/h4-14,16H,2-3,15,17-18H2,1H3,(H,28,31). The molecule has 1 N–H and O–H groups in total. The largest absolute Gasteiger partial charge is 0.494 e. The summed E-state index contributed by atoms with van der Waals surface area (Å²) in [4.78, 5) is 29.8. The smallest absolute Gasteiger partial charge is 0.274 e. The number of rotatable bonds is 9. The van der Waals surface area contributed by atoms with E-state index in [0.29, 0.717) is 29.8 Å². The third kappa shape index (κ3) is 5.44. The quantitative estimate of drug-likeness (QED) is 0.397. The van der Waals surface area contributed by atoms with Crippen molar-refractivity contribution in [1.82, 2.24) is 20.1 Å². The van der Waals surface area contributed by atoms with E-state index in [0.717, 1.165) is 29.5 Å². The van der Waals surface area contributed by atoms with Crippen LogP contribution in [0.3, 0.4) is 0 Å². The molecule has 4 rings (SSSR count). The number of nitrogens with zero attached hydrogens (tertiary/aromatic N) is 3. The van der Waals surface area contributed by atoms with E-state index < -0.39 is 0 Å². The number of benzene rings is 2. The summed E-state index contributed by atoms with van der Waals surface area (Å²) in [5.41, 5.74) is 1.86. The number of unbranched alkanes of at least 4 members (excludes halogenated alkanes) is 1. The first kappa shape index (κ1) is 22.2. The van der Waals surface area contributed by atoms with Gasteiger partial charge in [0.15, 0.2) is 0 Å². The number of hydrogen-bond donors (Lipinski definition) is 1. The Hall–Kier alpha value is -4.00. The molecule has 0 atom stereocenters. The fourth-order valence-corrected chi connectivity index (χ4v) is 3.51. The molecule has 0 spiro atoms. The summed E-state index contributed by atoms with van der Waals surface area (Å²) in [5.74, 6) is 0.529. The van der Waals surface area contributed by atoms with Gasteiger partial charge in [0.05, 0.1) is 30.8 Å². The topological polar surface area (TPSA) is 86.1 Å². The van der Waals surface area contributed by atoms with Gasteiger partial charge in [-0.1, -0.05) is 37.6 Å². The lowest BCUT2D eigenvalue weighted by Gasteiger charge is -2.12. The van der Waals surface area contributed by atoms with Crippen molar-refractivity contribution in [3.05, 3.63) is 100 Å². The maximum absolute atomic E-state index is 13.0. The lowest BCUT2D eigenvalue weighted by molar-refractivity contribution is 0.0950. The normalized spacial score (nSPS) is 10.8. The third-order valence-corrected chi connectivity index (χ3v) is 5.30. The van der Waals surface area contributed by atoms with Crippen molar-refractivity contribution in [3.63, 3.8) is 0 Å². The van der Waals surface area contributed by atoms with Crippen LogP contribution in [0.2, 0.25) is 0 Å². The highest BCUT2D eigenvalue weighted by molar-refractivity contribution is 5.94. The summed E-state index contributed by atoms with van der Waals surface area (Å²) in [6.07, 6.45) is 5.45. The molecular formula is C26H26N4O3. The maximum atomic E-state index is 13.0. The van der Waals surface area contributed by atoms with Crippen LogP contribution in [0.1, 0.15) is 41.4 Å². The molecule has 2 aromatic heterocycles. The van der Waals surface area contributed by atoms with Gasteiger partial charge >= 0.3 is 0 Å². The molecular weight excluding hydrogens is 416 g/mol. The highest BCUT2D eigenvalue weighted by Crippen LogP contribution is 2.15. The van der Waals surface area contributed by atoms with E-state index in [2.05, 4.69) is 22.3 Å². The summed E-state index contributed by atoms with van der Waals surface area (Å²) in [7, 11) is 0. The van der Waals surface area contributed by atoms with Crippen LogP contribution < -0.4 is 15.6 Å². The first-order chi connectivity index (χ1) is 16.2. The SMILES string of the molecule is CCCCOc1ccc(C(=O)NCc2nn(Cc3cccnc3)c(=O)c3ccccc23)cc1. The molecule has 0 radical (unpaired) electrons. The van der Waals surface area contributed by atoms with Gasteiger partial charge in [-0.15, -0.1) is 0 Å². The van der Waals surface area contributed by atoms with Gasteiger partial charge in [-0.05, 0) is 48.4 Å². The van der Waals surface area contributed by atoms with Crippen LogP contribution in [0.4, 0.5) is 0 Å². The van der Waals surface area contributed by atoms with Gasteiger partial charge in [-0.2, -0.15) is 5.10 Å². The first-order valence-electron chi connectivity index (χ1n) is 11.0. The summed E-state index contributed by atoms with van der Waals surface area (Å²) >= 11 is 0. The highest BCUT2D eigenvalue weighted by Gasteiger charge is 2.13. The Morgan fingerprint density at radius 3 is 2.55 bits per heavy atom. The Balaban J connectivity index is 1.52. The number of nitrogens with one attached hydrogen (secondary N) is 1. The molecule has 168 valence electrons. The van der Waals surface area contributed by atoms with Crippen LogP contribution in [0.25, 0.3) is 10.8 Å². The summed E-state index contributed by atoms with van der Waals surface area (Å²) in [5, 5.41) is 8.77. The predicted molar refractivity (Wildman–Crippen MR) is 127 cm³/mol. The molecule has 0 aliphatic carbocycles. The van der Waals surface area contributed by atoms with Crippen LogP contribution in [0, 0.1) is 0 Å². The molecule has 0 unspecified atom stereocenters. The second kappa shape index (κ2) is 10.5. The van der Waals surface area contributed by atoms with E-state index >= 15 is 0 Å². The number of amides is 1. The Labute approximate surface area is 192 Å². The number of aromatic nitrogens is 3. The molecule has 1 amide bonds. The number of carbonyl (C=O) groups is 1. The van der Waals surface area contributed by atoms with Gasteiger partial charge in [0, 0.05) is 23.3 Å². The first-order valence-corrected chi connectivity index (χ1v) is 11.0. The summed E-state index contributed by atoms with van der Waals surface area (Å²) < 4.78 is 7.07. The zero-order valence-electron chi connectivity index (χ0n) is 18.5. The second-order valence-corrected chi connectivity index (χ2v) is 7.73. The van der Waals surface area contributed by atoms with E-state index in [4.69, 9.17) is 4.74 Å². The zero-order chi connectivity index (χ0) is 23.0. The average molecular weight is 443 g/mol. The van der Waals surface area contributed by atoms with Crippen LogP contribution in [0.5, 0.6) is 5.75 Å². The number of hydrogen-bond acceptors (Lipinski definition) is 5. The second-order valence-electron chi connectivity index (χ2n) is 7.73. The number of ether oxygens (including phenoxy) is 1. The van der Waals surface area contributed by atoms with Crippen molar-refractivity contribution in [3.8, 4) is 5.75 Å². The maximum Gasteiger partial charge on any atom is 0.274 e. The van der Waals surface area contributed by atoms with E-state index in [1.54, 1.807) is 42.7 Å². The minimum atomic E-state index is -0.217. The molecule has 0 bridgehead atoms. The van der Waals surface area contributed by atoms with E-state index in [-0.39, 0.29) is 18.0 Å². The minimum Gasteiger partial charge on any atom is -0.494 e. The van der Waals surface area contributed by atoms with Gasteiger partial charge in [-0.3, -0.25) is 14.6 Å². The lowest BCUT2D eigenvalue weighted by Crippen LogP contribution is -2.29. The molecule has 7 nitrogen and oxygen atoms in total. The van der Waals surface area contributed by atoms with Crippen LogP contribution in [-0.2, 0) is 13.1 Å². The molecule has 7 heteroatoms. The van der Waals surface area contributed by atoms with Crippen molar-refractivity contribution in [2.24, 2.45) is 0 Å². The minimum absolute atomic E-state index is 0.178. The Morgan fingerprint density at radius 1 is 1.03 bits per heavy atom. The van der Waals surface area contributed by atoms with Gasteiger partial charge < -0.3 is 10.1 Å². The molecule has 2 heterocycles. The number of carbonyl (C=O) groups excluding carboxylic acids is 1. The van der Waals surface area contributed by atoms with Crippen molar-refractivity contribution < 1.29 is 9.53 Å². The molecule has 0 fully saturated rings. The Morgan fingerprint density at radius 2 is 1.82 bits per heavy atom. The molecule has 0 saturated carbocycles. The fourth-order valence-electron chi connectivity index (χ4n) is 3.51.